The molecule has 0 atom stereocenters. The van der Waals surface area contributed by atoms with Gasteiger partial charge < -0.3 is 4.74 Å². The highest BCUT2D eigenvalue weighted by molar-refractivity contribution is 7.93. The van der Waals surface area contributed by atoms with Crippen molar-refractivity contribution in [2.75, 3.05) is 16.6 Å². The second-order valence-corrected chi connectivity index (χ2v) is 10.2. The average molecular weight is 503 g/mol. The molecule has 3 aromatic rings. The highest BCUT2D eigenvalue weighted by Gasteiger charge is 2.22. The molecule has 3 rings (SSSR count). The lowest BCUT2D eigenvalue weighted by molar-refractivity contribution is 0.414. The lowest BCUT2D eigenvalue weighted by Crippen LogP contribution is -2.16. The molecule has 9 nitrogen and oxygen atoms in total. The van der Waals surface area contributed by atoms with Gasteiger partial charge in [-0.05, 0) is 49.4 Å². The fourth-order valence-corrected chi connectivity index (χ4v) is 5.32. The minimum atomic E-state index is -4.10. The summed E-state index contributed by atoms with van der Waals surface area (Å²) in [5, 5.41) is -0.243. The first-order valence-electron chi connectivity index (χ1n) is 8.51. The monoisotopic (exact) mass is 502 g/mol. The molecule has 0 saturated heterocycles. The first kappa shape index (κ1) is 23.1. The predicted molar refractivity (Wildman–Crippen MR) is 118 cm³/mol. The number of aryl methyl sites for hydroxylation is 1. The van der Waals surface area contributed by atoms with Gasteiger partial charge in [0.05, 0.1) is 17.0 Å². The Hall–Kier alpha value is -2.60. The van der Waals surface area contributed by atoms with E-state index in [-0.39, 0.29) is 37.2 Å². The molecule has 31 heavy (non-hydrogen) atoms. The molecular formula is C18H16Cl2N4O5S2. The fraction of sp³-hybridized carbons (Fsp3) is 0.111. The summed E-state index contributed by atoms with van der Waals surface area (Å²) < 4.78 is 60.0. The number of benzene rings is 2. The van der Waals surface area contributed by atoms with Gasteiger partial charge in [0.2, 0.25) is 5.95 Å². The number of halogens is 2. The molecule has 0 radical (unpaired) electrons. The Morgan fingerprint density at radius 1 is 0.871 bits per heavy atom. The Morgan fingerprint density at radius 2 is 1.55 bits per heavy atom. The van der Waals surface area contributed by atoms with Crippen molar-refractivity contribution >= 4 is 54.9 Å². The molecular weight excluding hydrogens is 487 g/mol. The van der Waals surface area contributed by atoms with Gasteiger partial charge in [0.1, 0.15) is 15.7 Å². The Kier molecular flexibility index (Phi) is 6.60. The number of hydrogen-bond donors (Lipinski definition) is 2. The number of nitrogens with zero attached hydrogens (tertiary/aromatic N) is 2. The van der Waals surface area contributed by atoms with E-state index in [1.54, 1.807) is 13.0 Å². The van der Waals surface area contributed by atoms with E-state index in [9.17, 15) is 16.8 Å². The minimum Gasteiger partial charge on any atom is -0.495 e. The van der Waals surface area contributed by atoms with Gasteiger partial charge in [-0.2, -0.15) is 0 Å². The van der Waals surface area contributed by atoms with Crippen LogP contribution in [0.3, 0.4) is 0 Å². The van der Waals surface area contributed by atoms with Crippen LogP contribution < -0.4 is 14.2 Å². The third kappa shape index (κ3) is 5.18. The van der Waals surface area contributed by atoms with Crippen LogP contribution in [0.15, 0.2) is 58.5 Å². The second-order valence-electron chi connectivity index (χ2n) is 6.15. The zero-order valence-electron chi connectivity index (χ0n) is 16.1. The third-order valence-corrected chi connectivity index (χ3v) is 7.70. The molecule has 0 saturated carbocycles. The standard InChI is InChI=1S/C18H16Cl2N4O5S2/c1-11-9-10-21-18(22-11)24-30(25,26)13-5-3-12(4-6-13)23-31(27,28)15-8-7-14(29-2)16(19)17(15)20/h3-10,23H,1-2H3,(H,21,22,24). The Labute approximate surface area is 189 Å². The van der Waals surface area contributed by atoms with Crippen LogP contribution in [0.4, 0.5) is 11.6 Å². The molecule has 2 N–H and O–H groups in total. The first-order valence-corrected chi connectivity index (χ1v) is 12.2. The summed E-state index contributed by atoms with van der Waals surface area (Å²) in [5.74, 6) is 0.154. The van der Waals surface area contributed by atoms with Crippen LogP contribution in [0.25, 0.3) is 0 Å². The summed E-state index contributed by atoms with van der Waals surface area (Å²) in [6.07, 6.45) is 1.43. The maximum Gasteiger partial charge on any atom is 0.264 e. The van der Waals surface area contributed by atoms with Crippen LogP contribution in [0.5, 0.6) is 5.75 Å². The largest absolute Gasteiger partial charge is 0.495 e. The molecule has 1 aromatic heterocycles. The molecule has 0 amide bonds. The molecule has 13 heteroatoms. The zero-order valence-corrected chi connectivity index (χ0v) is 19.3. The zero-order chi connectivity index (χ0) is 22.8. The topological polar surface area (TPSA) is 127 Å². The molecule has 2 aromatic carbocycles. The highest BCUT2D eigenvalue weighted by atomic mass is 35.5. The van der Waals surface area contributed by atoms with E-state index in [1.807, 2.05) is 0 Å². The maximum absolute atomic E-state index is 12.7. The molecule has 0 fully saturated rings. The van der Waals surface area contributed by atoms with Crippen molar-refractivity contribution in [2.45, 2.75) is 16.7 Å². The number of anilines is 2. The number of methoxy groups -OCH3 is 1. The number of ether oxygens (including phenoxy) is 1. The van der Waals surface area contributed by atoms with E-state index in [1.165, 1.54) is 49.7 Å². The number of aromatic nitrogens is 2. The van der Waals surface area contributed by atoms with Gasteiger partial charge in [0, 0.05) is 17.6 Å². The molecule has 1 heterocycles. The van der Waals surface area contributed by atoms with Crippen LogP contribution >= 0.6 is 23.2 Å². The second kappa shape index (κ2) is 8.87. The average Bonchev–Trinajstić information content (AvgIpc) is 2.69. The van der Waals surface area contributed by atoms with E-state index in [0.29, 0.717) is 5.69 Å². The smallest absolute Gasteiger partial charge is 0.264 e. The Morgan fingerprint density at radius 3 is 2.16 bits per heavy atom. The van der Waals surface area contributed by atoms with Crippen LogP contribution in [0, 0.1) is 6.92 Å². The normalized spacial score (nSPS) is 11.7. The van der Waals surface area contributed by atoms with Crippen LogP contribution in [-0.2, 0) is 20.0 Å². The quantitative estimate of drug-likeness (QED) is 0.503. The van der Waals surface area contributed by atoms with E-state index in [4.69, 9.17) is 27.9 Å². The molecule has 0 spiro atoms. The van der Waals surface area contributed by atoms with Gasteiger partial charge in [0.25, 0.3) is 20.0 Å². The fourth-order valence-electron chi connectivity index (χ4n) is 2.47. The van der Waals surface area contributed by atoms with E-state index in [2.05, 4.69) is 19.4 Å². The van der Waals surface area contributed by atoms with Crippen molar-refractivity contribution < 1.29 is 21.6 Å². The summed E-state index contributed by atoms with van der Waals surface area (Å²) in [5.41, 5.74) is 0.712. The van der Waals surface area contributed by atoms with Crippen molar-refractivity contribution in [3.05, 3.63) is 64.4 Å². The van der Waals surface area contributed by atoms with E-state index in [0.717, 1.165) is 0 Å². The van der Waals surface area contributed by atoms with E-state index < -0.39 is 20.0 Å². The van der Waals surface area contributed by atoms with Gasteiger partial charge in [-0.1, -0.05) is 23.2 Å². The number of nitrogens with one attached hydrogen (secondary N) is 2. The minimum absolute atomic E-state index is 0.0436. The van der Waals surface area contributed by atoms with Crippen LogP contribution in [-0.4, -0.2) is 33.9 Å². The van der Waals surface area contributed by atoms with Crippen LogP contribution in [0.2, 0.25) is 10.0 Å². The number of sulfonamides is 2. The van der Waals surface area contributed by atoms with Gasteiger partial charge in [-0.3, -0.25) is 4.72 Å². The van der Waals surface area contributed by atoms with Crippen LogP contribution in [0.1, 0.15) is 5.69 Å². The molecule has 164 valence electrons. The summed E-state index contributed by atoms with van der Waals surface area (Å²) in [7, 11) is -6.69. The molecule has 0 aliphatic carbocycles. The highest BCUT2D eigenvalue weighted by Crippen LogP contribution is 2.37. The molecule has 0 aliphatic heterocycles. The summed E-state index contributed by atoms with van der Waals surface area (Å²) in [4.78, 5) is 7.48. The first-order chi connectivity index (χ1) is 14.5. The summed E-state index contributed by atoms with van der Waals surface area (Å²) in [6.45, 7) is 1.70. The molecule has 0 aliphatic rings. The maximum atomic E-state index is 12.7. The lowest BCUT2D eigenvalue weighted by atomic mass is 10.3. The van der Waals surface area contributed by atoms with Crippen molar-refractivity contribution in [3.63, 3.8) is 0 Å². The Bertz CT molecular complexity index is 1330. The van der Waals surface area contributed by atoms with Gasteiger partial charge >= 0.3 is 0 Å². The lowest BCUT2D eigenvalue weighted by Gasteiger charge is -2.13. The number of rotatable bonds is 7. The van der Waals surface area contributed by atoms with Crippen molar-refractivity contribution in [3.8, 4) is 5.75 Å². The Balaban J connectivity index is 1.82. The molecule has 0 unspecified atom stereocenters. The van der Waals surface area contributed by atoms with E-state index >= 15 is 0 Å². The predicted octanol–water partition coefficient (Wildman–Crippen LogP) is 3.70. The summed E-state index contributed by atoms with van der Waals surface area (Å²) >= 11 is 12.1. The number of hydrogen-bond acceptors (Lipinski definition) is 7. The molecule has 0 bridgehead atoms. The van der Waals surface area contributed by atoms with Gasteiger partial charge in [0.15, 0.2) is 0 Å². The third-order valence-electron chi connectivity index (χ3n) is 3.96. The van der Waals surface area contributed by atoms with Crippen molar-refractivity contribution in [2.24, 2.45) is 0 Å². The van der Waals surface area contributed by atoms with Crippen molar-refractivity contribution in [1.82, 2.24) is 9.97 Å². The van der Waals surface area contributed by atoms with Gasteiger partial charge in [-0.25, -0.2) is 31.5 Å². The summed E-state index contributed by atoms with van der Waals surface area (Å²) in [6, 6.07) is 9.31. The SMILES string of the molecule is COc1ccc(S(=O)(=O)Nc2ccc(S(=O)(=O)Nc3nccc(C)n3)cc2)c(Cl)c1Cl. The van der Waals surface area contributed by atoms with Gasteiger partial charge in [-0.15, -0.1) is 0 Å². The van der Waals surface area contributed by atoms with Crippen molar-refractivity contribution in [1.29, 1.82) is 0 Å².